The molecule has 1 fully saturated rings. The highest BCUT2D eigenvalue weighted by Crippen LogP contribution is 2.35. The summed E-state index contributed by atoms with van der Waals surface area (Å²) in [4.78, 5) is 12.1. The SMILES string of the molecule is Nc1ncc(F)c(-n2cc(C3CCNCC3)c3cnc(Br)cc32)n1. The number of aromatic nitrogens is 4. The molecule has 6 nitrogen and oxygen atoms in total. The Labute approximate surface area is 146 Å². The normalized spacial score (nSPS) is 15.9. The molecule has 0 aromatic carbocycles. The highest BCUT2D eigenvalue weighted by molar-refractivity contribution is 9.10. The van der Waals surface area contributed by atoms with E-state index in [0.29, 0.717) is 10.5 Å². The predicted molar refractivity (Wildman–Crippen MR) is 93.6 cm³/mol. The Morgan fingerprint density at radius 2 is 2.04 bits per heavy atom. The average molecular weight is 391 g/mol. The highest BCUT2D eigenvalue weighted by atomic mass is 79.9. The molecule has 24 heavy (non-hydrogen) atoms. The summed E-state index contributed by atoms with van der Waals surface area (Å²) >= 11 is 3.39. The summed E-state index contributed by atoms with van der Waals surface area (Å²) in [5, 5.41) is 4.39. The molecular formula is C16H16BrFN6. The van der Waals surface area contributed by atoms with Crippen LogP contribution in [-0.2, 0) is 0 Å². The minimum absolute atomic E-state index is 0.0461. The Hall–Kier alpha value is -2.06. The summed E-state index contributed by atoms with van der Waals surface area (Å²) < 4.78 is 16.7. The summed E-state index contributed by atoms with van der Waals surface area (Å²) in [6.45, 7) is 1.96. The maximum atomic E-state index is 14.3. The number of hydrogen-bond donors (Lipinski definition) is 2. The quantitative estimate of drug-likeness (QED) is 0.657. The molecule has 1 aliphatic heterocycles. The second-order valence-corrected chi connectivity index (χ2v) is 6.72. The standard InChI is InChI=1S/C16H16BrFN6/c17-14-5-13-10(6-21-14)11(9-1-3-20-4-2-9)8-24(13)15-12(18)7-22-16(19)23-15/h5-9,20H,1-4H2,(H2,19,22,23). The van der Waals surface area contributed by atoms with Crippen LogP contribution in [-0.4, -0.2) is 32.6 Å². The number of anilines is 1. The van der Waals surface area contributed by atoms with E-state index in [2.05, 4.69) is 36.2 Å². The first-order valence-corrected chi connectivity index (χ1v) is 8.58. The number of nitrogens with one attached hydrogen (secondary N) is 1. The van der Waals surface area contributed by atoms with Crippen LogP contribution >= 0.6 is 15.9 Å². The van der Waals surface area contributed by atoms with Gasteiger partial charge >= 0.3 is 0 Å². The molecule has 0 radical (unpaired) electrons. The lowest BCUT2D eigenvalue weighted by molar-refractivity contribution is 0.462. The summed E-state index contributed by atoms with van der Waals surface area (Å²) in [5.74, 6) is 0.113. The lowest BCUT2D eigenvalue weighted by Gasteiger charge is -2.22. The van der Waals surface area contributed by atoms with Crippen molar-refractivity contribution in [2.24, 2.45) is 0 Å². The molecule has 124 valence electrons. The first kappa shape index (κ1) is 15.5. The zero-order valence-corrected chi connectivity index (χ0v) is 14.4. The number of nitrogen functional groups attached to an aromatic ring is 1. The largest absolute Gasteiger partial charge is 0.368 e. The van der Waals surface area contributed by atoms with Gasteiger partial charge < -0.3 is 11.1 Å². The van der Waals surface area contributed by atoms with E-state index in [0.717, 1.165) is 43.0 Å². The van der Waals surface area contributed by atoms with E-state index in [9.17, 15) is 4.39 Å². The van der Waals surface area contributed by atoms with Crippen molar-refractivity contribution in [3.63, 3.8) is 0 Å². The van der Waals surface area contributed by atoms with Crippen molar-refractivity contribution in [2.75, 3.05) is 18.8 Å². The molecule has 1 saturated heterocycles. The van der Waals surface area contributed by atoms with E-state index >= 15 is 0 Å². The Morgan fingerprint density at radius 3 is 2.83 bits per heavy atom. The van der Waals surface area contributed by atoms with E-state index in [-0.39, 0.29) is 11.8 Å². The van der Waals surface area contributed by atoms with Crippen molar-refractivity contribution in [1.82, 2.24) is 24.8 Å². The Morgan fingerprint density at radius 1 is 1.25 bits per heavy atom. The molecule has 0 bridgehead atoms. The van der Waals surface area contributed by atoms with Gasteiger partial charge in [-0.3, -0.25) is 4.57 Å². The van der Waals surface area contributed by atoms with Crippen molar-refractivity contribution >= 4 is 32.8 Å². The molecule has 3 N–H and O–H groups in total. The molecule has 3 aromatic heterocycles. The third-order valence-corrected chi connectivity index (χ3v) is 4.87. The molecule has 0 unspecified atom stereocenters. The summed E-state index contributed by atoms with van der Waals surface area (Å²) in [7, 11) is 0. The molecule has 3 aromatic rings. The number of pyridine rings is 1. The van der Waals surface area contributed by atoms with Gasteiger partial charge in [-0.15, -0.1) is 0 Å². The number of fused-ring (bicyclic) bond motifs is 1. The minimum atomic E-state index is -0.508. The van der Waals surface area contributed by atoms with Gasteiger partial charge in [0.25, 0.3) is 0 Å². The van der Waals surface area contributed by atoms with Crippen LogP contribution in [0.15, 0.2) is 29.3 Å². The summed E-state index contributed by atoms with van der Waals surface area (Å²) in [6, 6.07) is 1.87. The minimum Gasteiger partial charge on any atom is -0.368 e. The van der Waals surface area contributed by atoms with Crippen LogP contribution in [0.3, 0.4) is 0 Å². The molecule has 1 aliphatic rings. The maximum Gasteiger partial charge on any atom is 0.222 e. The Bertz CT molecular complexity index is 903. The molecule has 0 amide bonds. The fourth-order valence-electron chi connectivity index (χ4n) is 3.29. The Kier molecular flexibility index (Phi) is 3.93. The van der Waals surface area contributed by atoms with Gasteiger partial charge in [-0.25, -0.2) is 14.4 Å². The maximum absolute atomic E-state index is 14.3. The summed E-state index contributed by atoms with van der Waals surface area (Å²) in [6.07, 6.45) is 6.98. The highest BCUT2D eigenvalue weighted by Gasteiger charge is 2.22. The zero-order chi connectivity index (χ0) is 16.7. The number of halogens is 2. The van der Waals surface area contributed by atoms with Crippen molar-refractivity contribution in [3.8, 4) is 5.82 Å². The molecule has 0 atom stereocenters. The number of hydrogen-bond acceptors (Lipinski definition) is 5. The van der Waals surface area contributed by atoms with Gasteiger partial charge in [0.05, 0.1) is 11.7 Å². The number of piperidine rings is 1. The fraction of sp³-hybridized carbons (Fsp3) is 0.312. The van der Waals surface area contributed by atoms with E-state index in [4.69, 9.17) is 5.73 Å². The average Bonchev–Trinajstić information content (AvgIpc) is 2.96. The van der Waals surface area contributed by atoms with Gasteiger partial charge in [0.1, 0.15) is 4.60 Å². The fourth-order valence-corrected chi connectivity index (χ4v) is 3.61. The van der Waals surface area contributed by atoms with Crippen LogP contribution in [0.1, 0.15) is 24.3 Å². The van der Waals surface area contributed by atoms with Crippen molar-refractivity contribution in [2.45, 2.75) is 18.8 Å². The lowest BCUT2D eigenvalue weighted by atomic mass is 9.90. The summed E-state index contributed by atoms with van der Waals surface area (Å²) in [5.41, 5.74) is 7.68. The smallest absolute Gasteiger partial charge is 0.222 e. The second-order valence-electron chi connectivity index (χ2n) is 5.90. The van der Waals surface area contributed by atoms with Gasteiger partial charge in [-0.1, -0.05) is 0 Å². The number of rotatable bonds is 2. The molecule has 0 saturated carbocycles. The number of nitrogens with two attached hydrogens (primary N) is 1. The topological polar surface area (TPSA) is 81.6 Å². The van der Waals surface area contributed by atoms with Crippen LogP contribution in [0, 0.1) is 5.82 Å². The monoisotopic (exact) mass is 390 g/mol. The second kappa shape index (κ2) is 6.10. The van der Waals surface area contributed by atoms with E-state index in [1.807, 2.05) is 18.5 Å². The van der Waals surface area contributed by atoms with Crippen LogP contribution < -0.4 is 11.1 Å². The first-order chi connectivity index (χ1) is 11.6. The van der Waals surface area contributed by atoms with Crippen molar-refractivity contribution in [1.29, 1.82) is 0 Å². The molecule has 4 heterocycles. The van der Waals surface area contributed by atoms with Gasteiger partial charge in [0.2, 0.25) is 5.95 Å². The molecule has 8 heteroatoms. The van der Waals surface area contributed by atoms with E-state index in [1.54, 1.807) is 4.57 Å². The van der Waals surface area contributed by atoms with Crippen molar-refractivity contribution in [3.05, 3.63) is 40.6 Å². The van der Waals surface area contributed by atoms with Crippen LogP contribution in [0.25, 0.3) is 16.7 Å². The van der Waals surface area contributed by atoms with Crippen LogP contribution in [0.2, 0.25) is 0 Å². The molecule has 4 rings (SSSR count). The molecule has 0 spiro atoms. The molecule has 0 aliphatic carbocycles. The van der Waals surface area contributed by atoms with E-state index < -0.39 is 5.82 Å². The van der Waals surface area contributed by atoms with E-state index in [1.165, 1.54) is 5.56 Å². The van der Waals surface area contributed by atoms with Gasteiger partial charge in [-0.2, -0.15) is 4.98 Å². The predicted octanol–water partition coefficient (Wildman–Crippen LogP) is 2.77. The van der Waals surface area contributed by atoms with Crippen LogP contribution in [0.4, 0.5) is 10.3 Å². The third-order valence-electron chi connectivity index (χ3n) is 4.44. The zero-order valence-electron chi connectivity index (χ0n) is 12.8. The lowest BCUT2D eigenvalue weighted by Crippen LogP contribution is -2.26. The van der Waals surface area contributed by atoms with Gasteiger partial charge in [0, 0.05) is 17.8 Å². The van der Waals surface area contributed by atoms with Gasteiger partial charge in [-0.05, 0) is 59.4 Å². The third kappa shape index (κ3) is 2.65. The van der Waals surface area contributed by atoms with Crippen molar-refractivity contribution < 1.29 is 4.39 Å². The molecular weight excluding hydrogens is 375 g/mol. The first-order valence-electron chi connectivity index (χ1n) is 7.79. The van der Waals surface area contributed by atoms with Crippen LogP contribution in [0.5, 0.6) is 0 Å². The Balaban J connectivity index is 1.94. The van der Waals surface area contributed by atoms with Gasteiger partial charge in [0.15, 0.2) is 11.6 Å². The number of nitrogens with zero attached hydrogens (tertiary/aromatic N) is 4.